The predicted octanol–water partition coefficient (Wildman–Crippen LogP) is 11.6. The van der Waals surface area contributed by atoms with Crippen molar-refractivity contribution in [2.75, 3.05) is 0 Å². The van der Waals surface area contributed by atoms with E-state index >= 15 is 0 Å². The van der Waals surface area contributed by atoms with Gasteiger partial charge in [0.05, 0.1) is 22.1 Å². The molecule has 0 spiro atoms. The molecule has 272 valence electrons. The van der Waals surface area contributed by atoms with Crippen LogP contribution in [0.4, 0.5) is 0 Å². The molecule has 4 heteroatoms. The van der Waals surface area contributed by atoms with Crippen molar-refractivity contribution < 1.29 is 0 Å². The Labute approximate surface area is 341 Å². The first kappa shape index (κ1) is 33.2. The largest absolute Gasteiger partial charge is 0.309 e. The summed E-state index contributed by atoms with van der Waals surface area (Å²) in [6, 6.07) is 81.6. The van der Waals surface area contributed by atoms with Crippen LogP contribution in [-0.2, 0) is 0 Å². The van der Waals surface area contributed by atoms with E-state index in [1.807, 2.05) is 11.3 Å². The van der Waals surface area contributed by atoms with E-state index in [1.165, 1.54) is 95.9 Å². The van der Waals surface area contributed by atoms with Crippen LogP contribution >= 0.6 is 11.3 Å². The lowest BCUT2D eigenvalue weighted by molar-refractivity contribution is 1.18. The maximum Gasteiger partial charge on any atom is 0.179 e. The minimum Gasteiger partial charge on any atom is -0.309 e. The Hall–Kier alpha value is -6.98. The molecule has 0 bridgehead atoms. The summed E-state index contributed by atoms with van der Waals surface area (Å²) in [4.78, 5) is 0. The fourth-order valence-corrected chi connectivity index (χ4v) is 15.7. The van der Waals surface area contributed by atoms with E-state index in [1.54, 1.807) is 0 Å². The van der Waals surface area contributed by atoms with Gasteiger partial charge in [-0.05, 0) is 81.4 Å². The monoisotopic (exact) mass is 772 g/mol. The molecule has 0 aliphatic carbocycles. The molecule has 0 aliphatic rings. The molecule has 3 heterocycles. The van der Waals surface area contributed by atoms with Crippen molar-refractivity contribution in [1.29, 1.82) is 0 Å². The van der Waals surface area contributed by atoms with Crippen LogP contribution in [0.2, 0.25) is 0 Å². The Morgan fingerprint density at radius 2 is 0.776 bits per heavy atom. The Kier molecular flexibility index (Phi) is 7.46. The van der Waals surface area contributed by atoms with Gasteiger partial charge in [0.1, 0.15) is 0 Å². The molecule has 0 atom stereocenters. The molecule has 9 aromatic carbocycles. The van der Waals surface area contributed by atoms with Crippen molar-refractivity contribution in [2.24, 2.45) is 0 Å². The van der Waals surface area contributed by atoms with Crippen molar-refractivity contribution in [3.63, 3.8) is 0 Å². The molecule has 0 unspecified atom stereocenters. The van der Waals surface area contributed by atoms with Crippen LogP contribution in [0.15, 0.2) is 218 Å². The summed E-state index contributed by atoms with van der Waals surface area (Å²) in [5.74, 6) is 0. The third-order valence-electron chi connectivity index (χ3n) is 12.2. The van der Waals surface area contributed by atoms with Crippen LogP contribution in [0, 0.1) is 0 Å². The number of aromatic nitrogens is 2. The van der Waals surface area contributed by atoms with Crippen LogP contribution in [-0.4, -0.2) is 17.2 Å². The van der Waals surface area contributed by atoms with E-state index in [4.69, 9.17) is 0 Å². The van der Waals surface area contributed by atoms with Crippen LogP contribution in [0.3, 0.4) is 0 Å². The van der Waals surface area contributed by atoms with Crippen LogP contribution in [0.5, 0.6) is 0 Å². The van der Waals surface area contributed by atoms with Gasteiger partial charge in [0, 0.05) is 53.1 Å². The molecule has 2 nitrogen and oxygen atoms in total. The minimum absolute atomic E-state index is 1.17. The maximum atomic E-state index is 2.51. The van der Waals surface area contributed by atoms with E-state index in [9.17, 15) is 0 Å². The molecule has 12 aromatic rings. The maximum absolute atomic E-state index is 2.96. The van der Waals surface area contributed by atoms with Crippen molar-refractivity contribution in [2.45, 2.75) is 0 Å². The molecule has 0 radical (unpaired) electrons. The van der Waals surface area contributed by atoms with Gasteiger partial charge in [-0.25, -0.2) is 0 Å². The fraction of sp³-hybridized carbons (Fsp3) is 0. The first-order chi connectivity index (χ1) is 28.8. The first-order valence-electron chi connectivity index (χ1n) is 19.9. The molecule has 58 heavy (non-hydrogen) atoms. The van der Waals surface area contributed by atoms with Gasteiger partial charge < -0.3 is 9.13 Å². The molecule has 0 aliphatic heterocycles. The van der Waals surface area contributed by atoms with E-state index in [0.29, 0.717) is 0 Å². The lowest BCUT2D eigenvalue weighted by Crippen LogP contribution is -2.74. The second kappa shape index (κ2) is 13.0. The first-order valence-corrected chi connectivity index (χ1v) is 22.7. The average Bonchev–Trinajstić information content (AvgIpc) is 3.94. The SMILES string of the molecule is c1ccc(-n2c3ccccc3c3ccc([Si](c4ccccc4)(c4ccccc4)c4cccc(-n5c6ccccc6c6cc7sc8ccccc8c7cc65)c4)cc32)cc1. The number of hydrogen-bond donors (Lipinski definition) is 0. The van der Waals surface area contributed by atoms with Gasteiger partial charge >= 0.3 is 0 Å². The molecular formula is C54H36N2SSi. The summed E-state index contributed by atoms with van der Waals surface area (Å²) in [6.07, 6.45) is 0. The van der Waals surface area contributed by atoms with E-state index < -0.39 is 8.07 Å². The summed E-state index contributed by atoms with van der Waals surface area (Å²) >= 11 is 1.88. The lowest BCUT2D eigenvalue weighted by atomic mass is 10.1. The van der Waals surface area contributed by atoms with E-state index in [0.717, 1.165) is 0 Å². The van der Waals surface area contributed by atoms with Gasteiger partial charge in [-0.3, -0.25) is 0 Å². The third kappa shape index (κ3) is 4.83. The second-order valence-corrected chi connectivity index (χ2v) is 20.2. The molecule has 0 fully saturated rings. The van der Waals surface area contributed by atoms with Crippen molar-refractivity contribution in [3.05, 3.63) is 218 Å². The summed E-state index contributed by atoms with van der Waals surface area (Å²) < 4.78 is 7.61. The van der Waals surface area contributed by atoms with Gasteiger partial charge in [0.25, 0.3) is 0 Å². The highest BCUT2D eigenvalue weighted by Crippen LogP contribution is 2.40. The molecule has 0 saturated carbocycles. The van der Waals surface area contributed by atoms with E-state index in [2.05, 4.69) is 228 Å². The number of nitrogens with zero attached hydrogens (tertiary/aromatic N) is 2. The average molecular weight is 773 g/mol. The van der Waals surface area contributed by atoms with Gasteiger partial charge in [-0.2, -0.15) is 0 Å². The number of benzene rings is 9. The number of hydrogen-bond acceptors (Lipinski definition) is 1. The van der Waals surface area contributed by atoms with Gasteiger partial charge in [-0.1, -0.05) is 158 Å². The highest BCUT2D eigenvalue weighted by Gasteiger charge is 2.42. The second-order valence-electron chi connectivity index (χ2n) is 15.3. The quantitative estimate of drug-likeness (QED) is 0.118. The highest BCUT2D eigenvalue weighted by atomic mass is 32.1. The number of rotatable bonds is 6. The van der Waals surface area contributed by atoms with Crippen molar-refractivity contribution in [3.8, 4) is 11.4 Å². The standard InChI is InChI=1S/C54H36N2SSi/c1-4-17-37(18-5-1)55-49-28-13-10-25-43(49)45-32-31-42(34-51(45)55)58(39-20-6-2-7-21-39,40-22-8-3-9-23-40)41-24-16-19-38(33-41)56-50-29-14-11-26-44(50)47-36-54-48(35-52(47)56)46-27-12-15-30-53(46)57-54/h1-36H. The molecule has 0 amide bonds. The lowest BCUT2D eigenvalue weighted by Gasteiger charge is -2.35. The van der Waals surface area contributed by atoms with Gasteiger partial charge in [-0.15, -0.1) is 11.3 Å². The Balaban J connectivity index is 1.18. The minimum atomic E-state index is -2.96. The van der Waals surface area contributed by atoms with Gasteiger partial charge in [0.15, 0.2) is 8.07 Å². The normalized spacial score (nSPS) is 12.1. The summed E-state index contributed by atoms with van der Waals surface area (Å²) in [6.45, 7) is 0. The molecule has 0 saturated heterocycles. The zero-order chi connectivity index (χ0) is 38.2. The van der Waals surface area contributed by atoms with Crippen LogP contribution < -0.4 is 20.7 Å². The van der Waals surface area contributed by atoms with Crippen LogP contribution in [0.25, 0.3) is 75.2 Å². The molecular weight excluding hydrogens is 737 g/mol. The Bertz CT molecular complexity index is 3470. The van der Waals surface area contributed by atoms with Crippen molar-refractivity contribution in [1.82, 2.24) is 9.13 Å². The smallest absolute Gasteiger partial charge is 0.179 e. The topological polar surface area (TPSA) is 9.86 Å². The van der Waals surface area contributed by atoms with E-state index in [-0.39, 0.29) is 0 Å². The molecule has 3 aromatic heterocycles. The summed E-state index contributed by atoms with van der Waals surface area (Å²) in [5, 5.41) is 13.1. The van der Waals surface area contributed by atoms with Crippen LogP contribution in [0.1, 0.15) is 0 Å². The van der Waals surface area contributed by atoms with Gasteiger partial charge in [0.2, 0.25) is 0 Å². The highest BCUT2D eigenvalue weighted by molar-refractivity contribution is 7.26. The number of fused-ring (bicyclic) bond motifs is 9. The number of thiophene rings is 1. The fourth-order valence-electron chi connectivity index (χ4n) is 9.78. The predicted molar refractivity (Wildman–Crippen MR) is 252 cm³/mol. The molecule has 0 N–H and O–H groups in total. The third-order valence-corrected chi connectivity index (χ3v) is 18.1. The molecule has 12 rings (SSSR count). The summed E-state index contributed by atoms with van der Waals surface area (Å²) in [7, 11) is -2.96. The summed E-state index contributed by atoms with van der Waals surface area (Å²) in [5.41, 5.74) is 7.23. The zero-order valence-corrected chi connectivity index (χ0v) is 33.4. The Morgan fingerprint density at radius 1 is 0.276 bits per heavy atom. The van der Waals surface area contributed by atoms with Crippen molar-refractivity contribution >= 4 is 104 Å². The zero-order valence-electron chi connectivity index (χ0n) is 31.6. The number of para-hydroxylation sites is 3. The Morgan fingerprint density at radius 3 is 1.48 bits per heavy atom.